The van der Waals surface area contributed by atoms with E-state index in [9.17, 15) is 0 Å². The van der Waals surface area contributed by atoms with Crippen molar-refractivity contribution >= 4 is 11.9 Å². The molecule has 0 spiro atoms. The zero-order chi connectivity index (χ0) is 7.90. The molecular weight excluding hydrogens is 136 g/mol. The van der Waals surface area contributed by atoms with E-state index in [1.807, 2.05) is 6.21 Å². The Bertz CT molecular complexity index is 269. The molecule has 0 fully saturated rings. The van der Waals surface area contributed by atoms with E-state index in [0.29, 0.717) is 0 Å². The van der Waals surface area contributed by atoms with Crippen LogP contribution >= 0.6 is 0 Å². The number of rotatable bonds is 0. The Morgan fingerprint density at radius 3 is 3.00 bits per heavy atom. The normalized spacial score (nSPS) is 26.0. The second-order valence-electron chi connectivity index (χ2n) is 3.62. The number of aliphatic imine (C=N–C) groups is 2. The number of allylic oxidation sites excluding steroid dienone is 2. The summed E-state index contributed by atoms with van der Waals surface area (Å²) in [5, 5.41) is 0. The van der Waals surface area contributed by atoms with Crippen molar-refractivity contribution in [3.63, 3.8) is 0 Å². The summed E-state index contributed by atoms with van der Waals surface area (Å²) in [5.41, 5.74) is 2.61. The summed E-state index contributed by atoms with van der Waals surface area (Å²) < 4.78 is 0. The molecule has 0 atom stereocenters. The van der Waals surface area contributed by atoms with Gasteiger partial charge in [0, 0.05) is 17.2 Å². The van der Waals surface area contributed by atoms with Crippen LogP contribution in [0.4, 0.5) is 0 Å². The van der Waals surface area contributed by atoms with Crippen LogP contribution in [0.5, 0.6) is 0 Å². The monoisotopic (exact) mass is 147 g/mol. The molecule has 0 N–H and O–H groups in total. The third kappa shape index (κ3) is 0.934. The second kappa shape index (κ2) is 2.03. The third-order valence-corrected chi connectivity index (χ3v) is 2.21. The zero-order valence-corrected chi connectivity index (χ0v) is 6.83. The Hall–Kier alpha value is -0.920. The summed E-state index contributed by atoms with van der Waals surface area (Å²) in [6, 6.07) is 0. The molecule has 0 amide bonds. The van der Waals surface area contributed by atoms with Gasteiger partial charge in [0.05, 0.1) is 5.71 Å². The molecule has 0 unspecified atom stereocenters. The Morgan fingerprint density at radius 1 is 1.45 bits per heavy atom. The minimum absolute atomic E-state index is 0.221. The molecule has 1 aliphatic carbocycles. The predicted octanol–water partition coefficient (Wildman–Crippen LogP) is 1.99. The first kappa shape index (κ1) is 6.77. The Kier molecular flexibility index (Phi) is 1.25. The molecular formula is C9H11N2. The fraction of sp³-hybridized carbons (Fsp3) is 0.444. The van der Waals surface area contributed by atoms with Crippen molar-refractivity contribution in [1.82, 2.24) is 0 Å². The maximum absolute atomic E-state index is 4.27. The fourth-order valence-corrected chi connectivity index (χ4v) is 1.52. The Morgan fingerprint density at radius 2 is 2.27 bits per heavy atom. The lowest BCUT2D eigenvalue weighted by Gasteiger charge is -2.20. The van der Waals surface area contributed by atoms with Gasteiger partial charge in [-0.3, -0.25) is 9.98 Å². The summed E-state index contributed by atoms with van der Waals surface area (Å²) >= 11 is 0. The highest BCUT2D eigenvalue weighted by Crippen LogP contribution is 2.34. The lowest BCUT2D eigenvalue weighted by Crippen LogP contribution is -2.21. The van der Waals surface area contributed by atoms with E-state index in [-0.39, 0.29) is 5.41 Å². The minimum Gasteiger partial charge on any atom is -0.261 e. The average Bonchev–Trinajstić information content (AvgIpc) is 2.29. The molecule has 2 rings (SSSR count). The van der Waals surface area contributed by atoms with E-state index in [2.05, 4.69) is 29.9 Å². The lowest BCUT2D eigenvalue weighted by atomic mass is 9.87. The quantitative estimate of drug-likeness (QED) is 0.500. The van der Waals surface area contributed by atoms with Gasteiger partial charge in [-0.1, -0.05) is 19.9 Å². The lowest BCUT2D eigenvalue weighted by molar-refractivity contribution is 0.547. The van der Waals surface area contributed by atoms with Crippen molar-refractivity contribution in [2.45, 2.75) is 20.3 Å². The minimum atomic E-state index is 0.221. The summed E-state index contributed by atoms with van der Waals surface area (Å²) in [6.45, 7) is 6.05. The highest BCUT2D eigenvalue weighted by atomic mass is 15.0. The van der Waals surface area contributed by atoms with Crippen molar-refractivity contribution < 1.29 is 0 Å². The largest absolute Gasteiger partial charge is 0.261 e. The maximum atomic E-state index is 4.27. The third-order valence-electron chi connectivity index (χ3n) is 2.21. The molecule has 0 aromatic carbocycles. The van der Waals surface area contributed by atoms with Gasteiger partial charge in [-0.25, -0.2) is 0 Å². The van der Waals surface area contributed by atoms with Crippen LogP contribution in [0.25, 0.3) is 0 Å². The van der Waals surface area contributed by atoms with Gasteiger partial charge >= 0.3 is 0 Å². The van der Waals surface area contributed by atoms with Gasteiger partial charge in [0.25, 0.3) is 0 Å². The molecule has 1 heterocycles. The van der Waals surface area contributed by atoms with Crippen LogP contribution in [0.15, 0.2) is 21.6 Å². The SMILES string of the molecule is CC1(C)CC=C2C=N[CH]N=C21. The first-order valence-electron chi connectivity index (χ1n) is 3.84. The van der Waals surface area contributed by atoms with Crippen LogP contribution in [0.1, 0.15) is 20.3 Å². The van der Waals surface area contributed by atoms with Gasteiger partial charge < -0.3 is 0 Å². The molecule has 2 aliphatic rings. The topological polar surface area (TPSA) is 24.7 Å². The van der Waals surface area contributed by atoms with Crippen LogP contribution in [-0.4, -0.2) is 11.9 Å². The van der Waals surface area contributed by atoms with Gasteiger partial charge in [0.15, 0.2) is 6.67 Å². The van der Waals surface area contributed by atoms with E-state index < -0.39 is 0 Å². The molecule has 0 saturated carbocycles. The first-order chi connectivity index (χ1) is 5.20. The van der Waals surface area contributed by atoms with Gasteiger partial charge in [-0.05, 0) is 6.42 Å². The molecule has 1 radical (unpaired) electrons. The Labute approximate surface area is 66.7 Å². The summed E-state index contributed by atoms with van der Waals surface area (Å²) in [6.07, 6.45) is 5.17. The summed E-state index contributed by atoms with van der Waals surface area (Å²) in [7, 11) is 0. The highest BCUT2D eigenvalue weighted by Gasteiger charge is 2.32. The molecule has 0 aromatic rings. The van der Waals surface area contributed by atoms with Crippen molar-refractivity contribution in [3.05, 3.63) is 18.3 Å². The van der Waals surface area contributed by atoms with Gasteiger partial charge in [0.2, 0.25) is 0 Å². The van der Waals surface area contributed by atoms with Crippen LogP contribution < -0.4 is 0 Å². The van der Waals surface area contributed by atoms with Gasteiger partial charge in [0.1, 0.15) is 0 Å². The molecule has 2 heteroatoms. The number of hydrogen-bond acceptors (Lipinski definition) is 2. The maximum Gasteiger partial charge on any atom is 0.181 e. The smallest absolute Gasteiger partial charge is 0.181 e. The van der Waals surface area contributed by atoms with Crippen molar-refractivity contribution in [2.24, 2.45) is 15.4 Å². The van der Waals surface area contributed by atoms with Crippen molar-refractivity contribution in [1.29, 1.82) is 0 Å². The highest BCUT2D eigenvalue weighted by molar-refractivity contribution is 6.21. The number of nitrogens with zero attached hydrogens (tertiary/aromatic N) is 2. The zero-order valence-electron chi connectivity index (χ0n) is 6.83. The van der Waals surface area contributed by atoms with Crippen molar-refractivity contribution in [2.75, 3.05) is 0 Å². The van der Waals surface area contributed by atoms with E-state index in [1.165, 1.54) is 11.3 Å². The van der Waals surface area contributed by atoms with Crippen LogP contribution in [-0.2, 0) is 0 Å². The predicted molar refractivity (Wildman–Crippen MR) is 46.7 cm³/mol. The molecule has 11 heavy (non-hydrogen) atoms. The van der Waals surface area contributed by atoms with Gasteiger partial charge in [-0.15, -0.1) is 0 Å². The second-order valence-corrected chi connectivity index (χ2v) is 3.62. The molecule has 1 aliphatic heterocycles. The van der Waals surface area contributed by atoms with Crippen LogP contribution in [0.2, 0.25) is 0 Å². The summed E-state index contributed by atoms with van der Waals surface area (Å²) in [5.74, 6) is 0. The number of hydrogen-bond donors (Lipinski definition) is 0. The molecule has 2 nitrogen and oxygen atoms in total. The van der Waals surface area contributed by atoms with E-state index in [4.69, 9.17) is 0 Å². The molecule has 0 bridgehead atoms. The molecule has 0 saturated heterocycles. The van der Waals surface area contributed by atoms with E-state index in [1.54, 1.807) is 6.67 Å². The Balaban J connectivity index is 2.40. The standard InChI is InChI=1S/C9H11N2/c1-9(2)4-3-7-5-10-6-11-8(7)9/h3,5-6H,4H2,1-2H3. The van der Waals surface area contributed by atoms with E-state index >= 15 is 0 Å². The summed E-state index contributed by atoms with van der Waals surface area (Å²) in [4.78, 5) is 8.25. The first-order valence-corrected chi connectivity index (χ1v) is 3.84. The molecule has 0 aromatic heterocycles. The van der Waals surface area contributed by atoms with Crippen LogP contribution in [0, 0.1) is 12.1 Å². The van der Waals surface area contributed by atoms with Gasteiger partial charge in [-0.2, -0.15) is 0 Å². The van der Waals surface area contributed by atoms with E-state index in [0.717, 1.165) is 6.42 Å². The average molecular weight is 147 g/mol. The molecule has 57 valence electrons. The fourth-order valence-electron chi connectivity index (χ4n) is 1.52. The van der Waals surface area contributed by atoms with Crippen molar-refractivity contribution in [3.8, 4) is 0 Å². The number of fused-ring (bicyclic) bond motifs is 1. The van der Waals surface area contributed by atoms with Crippen LogP contribution in [0.3, 0.4) is 0 Å².